The van der Waals surface area contributed by atoms with Crippen LogP contribution in [0.1, 0.15) is 22.3 Å². The van der Waals surface area contributed by atoms with Crippen LogP contribution < -0.4 is 4.74 Å². The predicted octanol–water partition coefficient (Wildman–Crippen LogP) is 4.38. The number of halogens is 3. The maximum absolute atomic E-state index is 12.1. The van der Waals surface area contributed by atoms with Crippen LogP contribution in [0, 0.1) is 0 Å². The second-order valence-corrected chi connectivity index (χ2v) is 4.87. The van der Waals surface area contributed by atoms with Crippen molar-refractivity contribution >= 4 is 5.78 Å². The summed E-state index contributed by atoms with van der Waals surface area (Å²) in [6.45, 7) is 0. The first-order chi connectivity index (χ1) is 9.92. The molecular weight excluding hydrogens is 281 g/mol. The van der Waals surface area contributed by atoms with E-state index in [-0.39, 0.29) is 11.5 Å². The van der Waals surface area contributed by atoms with Gasteiger partial charge in [-0.3, -0.25) is 4.79 Å². The van der Waals surface area contributed by atoms with Gasteiger partial charge in [0.15, 0.2) is 5.78 Å². The number of carbonyl (C=O) groups is 1. The molecule has 0 N–H and O–H groups in total. The Morgan fingerprint density at radius 2 is 1.57 bits per heavy atom. The summed E-state index contributed by atoms with van der Waals surface area (Å²) < 4.78 is 40.1. The number of rotatable bonds is 2. The summed E-state index contributed by atoms with van der Waals surface area (Å²) in [6, 6.07) is 11.2. The van der Waals surface area contributed by atoms with E-state index in [1.54, 1.807) is 18.2 Å². The molecule has 1 aliphatic rings. The van der Waals surface area contributed by atoms with Gasteiger partial charge in [-0.2, -0.15) is 0 Å². The molecule has 0 saturated heterocycles. The Labute approximate surface area is 119 Å². The fraction of sp³-hybridized carbons (Fsp3) is 0.188. The van der Waals surface area contributed by atoms with Crippen molar-refractivity contribution in [3.8, 4) is 16.9 Å². The smallest absolute Gasteiger partial charge is 0.406 e. The van der Waals surface area contributed by atoms with Gasteiger partial charge in [-0.25, -0.2) is 0 Å². The van der Waals surface area contributed by atoms with Gasteiger partial charge >= 0.3 is 6.36 Å². The predicted molar refractivity (Wildman–Crippen MR) is 71.2 cm³/mol. The van der Waals surface area contributed by atoms with Crippen LogP contribution >= 0.6 is 0 Å². The molecule has 0 aliphatic heterocycles. The molecule has 0 aromatic heterocycles. The van der Waals surface area contributed by atoms with Gasteiger partial charge in [0.25, 0.3) is 0 Å². The van der Waals surface area contributed by atoms with Crippen molar-refractivity contribution < 1.29 is 22.7 Å². The first kappa shape index (κ1) is 13.7. The molecule has 2 aromatic carbocycles. The first-order valence-electron chi connectivity index (χ1n) is 6.45. The van der Waals surface area contributed by atoms with Crippen LogP contribution in [0.4, 0.5) is 13.2 Å². The molecule has 1 aliphatic carbocycles. The van der Waals surface area contributed by atoms with Gasteiger partial charge in [-0.05, 0) is 41.3 Å². The summed E-state index contributed by atoms with van der Waals surface area (Å²) in [6.07, 6.45) is -3.41. The molecule has 0 spiro atoms. The fourth-order valence-electron chi connectivity index (χ4n) is 2.47. The average molecular weight is 292 g/mol. The fourth-order valence-corrected chi connectivity index (χ4v) is 2.47. The van der Waals surface area contributed by atoms with Crippen LogP contribution in [0.3, 0.4) is 0 Å². The summed E-state index contributed by atoms with van der Waals surface area (Å²) >= 11 is 0. The molecule has 5 heteroatoms. The molecule has 0 heterocycles. The molecule has 108 valence electrons. The van der Waals surface area contributed by atoms with E-state index < -0.39 is 6.36 Å². The Hall–Kier alpha value is -2.30. The lowest BCUT2D eigenvalue weighted by Gasteiger charge is -2.10. The zero-order chi connectivity index (χ0) is 15.0. The average Bonchev–Trinajstić information content (AvgIpc) is 2.79. The topological polar surface area (TPSA) is 26.3 Å². The Kier molecular flexibility index (Phi) is 3.20. The van der Waals surface area contributed by atoms with Crippen molar-refractivity contribution in [3.63, 3.8) is 0 Å². The van der Waals surface area contributed by atoms with Gasteiger partial charge in [0, 0.05) is 12.0 Å². The second-order valence-electron chi connectivity index (χ2n) is 4.87. The highest BCUT2D eigenvalue weighted by Gasteiger charge is 2.31. The highest BCUT2D eigenvalue weighted by molar-refractivity contribution is 6.01. The summed E-state index contributed by atoms with van der Waals surface area (Å²) in [5.74, 6) is -0.146. The second kappa shape index (κ2) is 4.91. The number of hydrogen-bond acceptors (Lipinski definition) is 2. The number of hydrogen-bond donors (Lipinski definition) is 0. The number of alkyl halides is 3. The number of fused-ring (bicyclic) bond motifs is 1. The minimum absolute atomic E-state index is 0.115. The molecule has 0 radical (unpaired) electrons. The summed E-state index contributed by atoms with van der Waals surface area (Å²) in [5.41, 5.74) is 3.29. The van der Waals surface area contributed by atoms with Gasteiger partial charge in [0.2, 0.25) is 0 Å². The van der Waals surface area contributed by atoms with Gasteiger partial charge in [-0.1, -0.05) is 24.3 Å². The quantitative estimate of drug-likeness (QED) is 0.821. The third-order valence-electron chi connectivity index (χ3n) is 3.45. The maximum Gasteiger partial charge on any atom is 0.573 e. The Morgan fingerprint density at radius 3 is 2.24 bits per heavy atom. The zero-order valence-electron chi connectivity index (χ0n) is 10.9. The van der Waals surface area contributed by atoms with E-state index in [4.69, 9.17) is 0 Å². The normalized spacial score (nSPS) is 14.1. The molecule has 0 fully saturated rings. The van der Waals surface area contributed by atoms with Gasteiger partial charge < -0.3 is 4.74 Å². The van der Waals surface area contributed by atoms with E-state index in [2.05, 4.69) is 4.74 Å². The molecule has 0 bridgehead atoms. The maximum atomic E-state index is 12.1. The largest absolute Gasteiger partial charge is 0.573 e. The van der Waals surface area contributed by atoms with E-state index in [9.17, 15) is 18.0 Å². The van der Waals surface area contributed by atoms with Crippen molar-refractivity contribution in [1.29, 1.82) is 0 Å². The van der Waals surface area contributed by atoms with Gasteiger partial charge in [-0.15, -0.1) is 13.2 Å². The summed E-state index contributed by atoms with van der Waals surface area (Å²) in [7, 11) is 0. The Bertz CT molecular complexity index is 688. The molecule has 2 nitrogen and oxygen atoms in total. The first-order valence-corrected chi connectivity index (χ1v) is 6.45. The van der Waals surface area contributed by atoms with Crippen LogP contribution in [0.5, 0.6) is 5.75 Å². The van der Waals surface area contributed by atoms with E-state index in [0.29, 0.717) is 12.0 Å². The molecule has 3 rings (SSSR count). The van der Waals surface area contributed by atoms with Crippen molar-refractivity contribution in [1.82, 2.24) is 0 Å². The number of Topliss-reactive ketones (excluding diaryl/α,β-unsaturated/α-hetero) is 1. The summed E-state index contributed by atoms with van der Waals surface area (Å²) in [4.78, 5) is 11.7. The SMILES string of the molecule is O=C1CCc2ccc(-c3ccc(OC(F)(F)F)cc3)cc21. The van der Waals surface area contributed by atoms with Crippen molar-refractivity contribution in [2.45, 2.75) is 19.2 Å². The number of benzene rings is 2. The Morgan fingerprint density at radius 1 is 0.905 bits per heavy atom. The molecule has 0 unspecified atom stereocenters. The van der Waals surface area contributed by atoms with Crippen LogP contribution in [-0.2, 0) is 6.42 Å². The van der Waals surface area contributed by atoms with E-state index in [1.165, 1.54) is 12.1 Å². The molecular formula is C16H11F3O2. The summed E-state index contributed by atoms with van der Waals surface area (Å²) in [5, 5.41) is 0. The molecule has 0 amide bonds. The van der Waals surface area contributed by atoms with E-state index >= 15 is 0 Å². The van der Waals surface area contributed by atoms with Crippen LogP contribution in [-0.4, -0.2) is 12.1 Å². The molecule has 2 aromatic rings. The minimum atomic E-state index is -4.69. The van der Waals surface area contributed by atoms with Crippen molar-refractivity contribution in [2.24, 2.45) is 0 Å². The zero-order valence-corrected chi connectivity index (χ0v) is 10.9. The number of aryl methyl sites for hydroxylation is 1. The highest BCUT2D eigenvalue weighted by Crippen LogP contribution is 2.30. The highest BCUT2D eigenvalue weighted by atomic mass is 19.4. The molecule has 0 atom stereocenters. The van der Waals surface area contributed by atoms with Crippen molar-refractivity contribution in [2.75, 3.05) is 0 Å². The lowest BCUT2D eigenvalue weighted by Crippen LogP contribution is -2.16. The van der Waals surface area contributed by atoms with Gasteiger partial charge in [0.05, 0.1) is 0 Å². The third kappa shape index (κ3) is 2.91. The number of ketones is 1. The van der Waals surface area contributed by atoms with Crippen LogP contribution in [0.25, 0.3) is 11.1 Å². The van der Waals surface area contributed by atoms with E-state index in [0.717, 1.165) is 23.1 Å². The van der Waals surface area contributed by atoms with Crippen LogP contribution in [0.2, 0.25) is 0 Å². The number of carbonyl (C=O) groups excluding carboxylic acids is 1. The molecule has 21 heavy (non-hydrogen) atoms. The lowest BCUT2D eigenvalue weighted by atomic mass is 10.0. The van der Waals surface area contributed by atoms with E-state index in [1.807, 2.05) is 12.1 Å². The van der Waals surface area contributed by atoms with Crippen LogP contribution in [0.15, 0.2) is 42.5 Å². The molecule has 0 saturated carbocycles. The minimum Gasteiger partial charge on any atom is -0.406 e. The number of ether oxygens (including phenoxy) is 1. The van der Waals surface area contributed by atoms with Crippen molar-refractivity contribution in [3.05, 3.63) is 53.6 Å². The lowest BCUT2D eigenvalue weighted by molar-refractivity contribution is -0.274. The third-order valence-corrected chi connectivity index (χ3v) is 3.45. The monoisotopic (exact) mass is 292 g/mol. The standard InChI is InChI=1S/C16H11F3O2/c17-16(18,19)21-13-6-3-10(4-7-13)12-2-1-11-5-8-15(20)14(11)9-12/h1-4,6-7,9H,5,8H2. The Balaban J connectivity index is 1.88. The van der Waals surface area contributed by atoms with Gasteiger partial charge in [0.1, 0.15) is 5.75 Å².